The average molecular weight is 451 g/mol. The quantitative estimate of drug-likeness (QED) is 0.421. The lowest BCUT2D eigenvalue weighted by atomic mass is 9.80. The summed E-state index contributed by atoms with van der Waals surface area (Å²) >= 11 is 5.92. The molecule has 1 heterocycles. The number of aliphatic hydroxyl groups is 1. The van der Waals surface area contributed by atoms with Crippen LogP contribution >= 0.6 is 35.6 Å². The number of rotatable bonds is 3. The Morgan fingerprint density at radius 2 is 1.78 bits per heavy atom. The van der Waals surface area contributed by atoms with Crippen molar-refractivity contribution >= 4 is 47.2 Å². The lowest BCUT2D eigenvalue weighted by Crippen LogP contribution is -2.51. The van der Waals surface area contributed by atoms with Crippen molar-refractivity contribution < 1.29 is 5.11 Å². The summed E-state index contributed by atoms with van der Waals surface area (Å²) in [6, 6.07) is 7.92. The lowest BCUT2D eigenvalue weighted by molar-refractivity contribution is -0.0237. The Hall–Kier alpha value is -0.730. The van der Waals surface area contributed by atoms with Gasteiger partial charge in [0.15, 0.2) is 5.96 Å². The van der Waals surface area contributed by atoms with Gasteiger partial charge in [-0.1, -0.05) is 11.6 Å². The number of piperazine rings is 1. The third-order valence-corrected chi connectivity index (χ3v) is 4.87. The monoisotopic (exact) mass is 450 g/mol. The number of anilines is 1. The van der Waals surface area contributed by atoms with Gasteiger partial charge in [0.25, 0.3) is 0 Å². The van der Waals surface area contributed by atoms with Gasteiger partial charge in [-0.15, -0.1) is 24.0 Å². The molecule has 1 aromatic rings. The first-order valence-corrected chi connectivity index (χ1v) is 8.21. The van der Waals surface area contributed by atoms with Gasteiger partial charge in [0.2, 0.25) is 0 Å². The van der Waals surface area contributed by atoms with Crippen molar-refractivity contribution in [1.82, 2.24) is 4.90 Å². The van der Waals surface area contributed by atoms with E-state index in [2.05, 4.69) is 14.8 Å². The van der Waals surface area contributed by atoms with Crippen molar-refractivity contribution in [1.29, 1.82) is 0 Å². The highest BCUT2D eigenvalue weighted by atomic mass is 127. The number of benzene rings is 1. The molecule has 0 unspecified atom stereocenters. The fraction of sp³-hybridized carbons (Fsp3) is 0.562. The molecule has 0 spiro atoms. The van der Waals surface area contributed by atoms with Gasteiger partial charge in [-0.2, -0.15) is 0 Å². The molecule has 5 nitrogen and oxygen atoms in total. The Labute approximate surface area is 159 Å². The van der Waals surface area contributed by atoms with E-state index in [1.165, 1.54) is 5.69 Å². The van der Waals surface area contributed by atoms with Crippen LogP contribution in [0.25, 0.3) is 0 Å². The molecular formula is C16H24ClIN4O. The van der Waals surface area contributed by atoms with E-state index in [9.17, 15) is 5.11 Å². The van der Waals surface area contributed by atoms with Gasteiger partial charge in [0.1, 0.15) is 0 Å². The van der Waals surface area contributed by atoms with Gasteiger partial charge < -0.3 is 20.6 Å². The second-order valence-corrected chi connectivity index (χ2v) is 6.64. The average Bonchev–Trinajstić information content (AvgIpc) is 2.52. The summed E-state index contributed by atoms with van der Waals surface area (Å²) in [7, 11) is 0. The Morgan fingerprint density at radius 1 is 1.17 bits per heavy atom. The Balaban J connectivity index is 0.00000192. The molecule has 23 heavy (non-hydrogen) atoms. The smallest absolute Gasteiger partial charge is 0.191 e. The van der Waals surface area contributed by atoms with E-state index in [1.807, 2.05) is 24.3 Å². The Kier molecular flexibility index (Phi) is 6.39. The molecule has 1 saturated carbocycles. The van der Waals surface area contributed by atoms with Crippen LogP contribution in [0.4, 0.5) is 5.69 Å². The Bertz CT molecular complexity index is 540. The molecule has 0 radical (unpaired) electrons. The maximum absolute atomic E-state index is 10.1. The second-order valence-electron chi connectivity index (χ2n) is 6.20. The minimum atomic E-state index is -0.601. The highest BCUT2D eigenvalue weighted by Gasteiger charge is 2.34. The van der Waals surface area contributed by atoms with Crippen molar-refractivity contribution in [3.8, 4) is 0 Å². The molecular weight excluding hydrogens is 427 g/mol. The molecule has 3 N–H and O–H groups in total. The molecule has 128 valence electrons. The summed E-state index contributed by atoms with van der Waals surface area (Å²) in [6.45, 7) is 3.92. The summed E-state index contributed by atoms with van der Waals surface area (Å²) in [5.74, 6) is 0.552. The molecule has 2 aliphatic rings. The predicted octanol–water partition coefficient (Wildman–Crippen LogP) is 2.31. The molecule has 1 saturated heterocycles. The number of nitrogens with two attached hydrogens (primary N) is 1. The minimum absolute atomic E-state index is 0. The molecule has 0 aromatic heterocycles. The van der Waals surface area contributed by atoms with Crippen LogP contribution < -0.4 is 10.6 Å². The number of nitrogens with zero attached hydrogens (tertiary/aromatic N) is 3. The van der Waals surface area contributed by atoms with Crippen LogP contribution in [-0.4, -0.2) is 54.3 Å². The standard InChI is InChI=1S/C16H23ClN4O.HI/c17-13-2-4-14(5-3-13)20-8-10-21(11-9-20)15(18)19-12-16(22)6-1-7-16;/h2-5,22H,1,6-12H2,(H2,18,19);1H. The molecule has 3 rings (SSSR count). The Morgan fingerprint density at radius 3 is 2.30 bits per heavy atom. The second kappa shape index (κ2) is 7.90. The van der Waals surface area contributed by atoms with Crippen LogP contribution in [-0.2, 0) is 0 Å². The van der Waals surface area contributed by atoms with Crippen LogP contribution in [0.15, 0.2) is 29.3 Å². The first kappa shape index (κ1) is 18.6. The predicted molar refractivity (Wildman–Crippen MR) is 106 cm³/mol. The van der Waals surface area contributed by atoms with Crippen molar-refractivity contribution in [2.75, 3.05) is 37.6 Å². The van der Waals surface area contributed by atoms with E-state index < -0.39 is 5.60 Å². The number of halogens is 2. The first-order chi connectivity index (χ1) is 10.6. The van der Waals surface area contributed by atoms with Crippen molar-refractivity contribution in [2.45, 2.75) is 24.9 Å². The molecule has 1 aromatic carbocycles. The summed E-state index contributed by atoms with van der Waals surface area (Å²) in [5, 5.41) is 10.8. The zero-order chi connectivity index (χ0) is 15.6. The van der Waals surface area contributed by atoms with Crippen LogP contribution in [0.1, 0.15) is 19.3 Å². The number of guanidine groups is 1. The third kappa shape index (κ3) is 4.64. The summed E-state index contributed by atoms with van der Waals surface area (Å²) in [4.78, 5) is 8.80. The van der Waals surface area contributed by atoms with Crippen LogP contribution in [0.5, 0.6) is 0 Å². The molecule has 1 aliphatic heterocycles. The van der Waals surface area contributed by atoms with E-state index in [4.69, 9.17) is 17.3 Å². The molecule has 1 aliphatic carbocycles. The lowest BCUT2D eigenvalue weighted by Gasteiger charge is -2.38. The maximum atomic E-state index is 10.1. The zero-order valence-corrected chi connectivity index (χ0v) is 16.2. The van der Waals surface area contributed by atoms with Crippen LogP contribution in [0.2, 0.25) is 5.02 Å². The van der Waals surface area contributed by atoms with Gasteiger partial charge in [-0.05, 0) is 43.5 Å². The minimum Gasteiger partial charge on any atom is -0.388 e. The van der Waals surface area contributed by atoms with E-state index in [1.54, 1.807) is 0 Å². The van der Waals surface area contributed by atoms with Crippen LogP contribution in [0.3, 0.4) is 0 Å². The van der Waals surface area contributed by atoms with Gasteiger partial charge in [0.05, 0.1) is 12.1 Å². The van der Waals surface area contributed by atoms with Gasteiger partial charge in [-0.25, -0.2) is 0 Å². The van der Waals surface area contributed by atoms with Crippen LogP contribution in [0, 0.1) is 0 Å². The highest BCUT2D eigenvalue weighted by Crippen LogP contribution is 2.31. The fourth-order valence-electron chi connectivity index (χ4n) is 2.92. The molecule has 0 amide bonds. The van der Waals surface area contributed by atoms with E-state index in [0.29, 0.717) is 12.5 Å². The zero-order valence-electron chi connectivity index (χ0n) is 13.1. The van der Waals surface area contributed by atoms with Gasteiger partial charge in [0, 0.05) is 36.9 Å². The van der Waals surface area contributed by atoms with E-state index >= 15 is 0 Å². The van der Waals surface area contributed by atoms with E-state index in [0.717, 1.165) is 50.5 Å². The number of aliphatic imine (C=N–C) groups is 1. The third-order valence-electron chi connectivity index (χ3n) is 4.62. The van der Waals surface area contributed by atoms with E-state index in [-0.39, 0.29) is 24.0 Å². The normalized spacial score (nSPS) is 20.7. The number of hydrogen-bond acceptors (Lipinski definition) is 3. The van der Waals surface area contributed by atoms with Crippen molar-refractivity contribution in [3.63, 3.8) is 0 Å². The molecule has 0 bridgehead atoms. The maximum Gasteiger partial charge on any atom is 0.191 e. The molecule has 2 fully saturated rings. The summed E-state index contributed by atoms with van der Waals surface area (Å²) in [5.41, 5.74) is 6.65. The molecule has 7 heteroatoms. The highest BCUT2D eigenvalue weighted by molar-refractivity contribution is 14.0. The molecule has 0 atom stereocenters. The van der Waals surface area contributed by atoms with Crippen molar-refractivity contribution in [2.24, 2.45) is 10.7 Å². The summed E-state index contributed by atoms with van der Waals surface area (Å²) < 4.78 is 0. The fourth-order valence-corrected chi connectivity index (χ4v) is 3.04. The van der Waals surface area contributed by atoms with Crippen molar-refractivity contribution in [3.05, 3.63) is 29.3 Å². The first-order valence-electron chi connectivity index (χ1n) is 7.84. The summed E-state index contributed by atoms with van der Waals surface area (Å²) in [6.07, 6.45) is 2.77. The largest absolute Gasteiger partial charge is 0.388 e. The van der Waals surface area contributed by atoms with Gasteiger partial charge in [-0.3, -0.25) is 4.99 Å². The SMILES string of the molecule is I.NC(=NCC1(O)CCC1)N1CCN(c2ccc(Cl)cc2)CC1. The topological polar surface area (TPSA) is 65.1 Å². The van der Waals surface area contributed by atoms with Gasteiger partial charge >= 0.3 is 0 Å². The number of hydrogen-bond donors (Lipinski definition) is 2.